The van der Waals surface area contributed by atoms with Gasteiger partial charge in [-0.15, -0.1) is 11.3 Å². The quantitative estimate of drug-likeness (QED) is 0.281. The van der Waals surface area contributed by atoms with Crippen LogP contribution in [0.4, 0.5) is 5.82 Å². The third-order valence-corrected chi connectivity index (χ3v) is 7.70. The van der Waals surface area contributed by atoms with Crippen molar-refractivity contribution in [2.45, 2.75) is 45.3 Å². The Morgan fingerprint density at radius 1 is 1.14 bits per heavy atom. The number of hydrogen-bond donors (Lipinski definition) is 4. The molecule has 2 aromatic heterocycles. The Kier molecular flexibility index (Phi) is 9.41. The van der Waals surface area contributed by atoms with Crippen molar-refractivity contribution in [3.8, 4) is 0 Å². The van der Waals surface area contributed by atoms with Gasteiger partial charge in [0, 0.05) is 30.1 Å². The SMILES string of the molecule is CCC(C)[C@@H](NCS(C)(=O)=O)C(=O)N[C@@H](Cc1csc2ccccc12)C(=O)NCc1ccc(N)nc1. The molecule has 0 bridgehead atoms. The van der Waals surface area contributed by atoms with Gasteiger partial charge in [0.05, 0.1) is 11.9 Å². The van der Waals surface area contributed by atoms with E-state index in [0.29, 0.717) is 18.7 Å². The second kappa shape index (κ2) is 12.3. The zero-order valence-electron chi connectivity index (χ0n) is 20.7. The van der Waals surface area contributed by atoms with Crippen LogP contribution < -0.4 is 21.7 Å². The third kappa shape index (κ3) is 7.74. The summed E-state index contributed by atoms with van der Waals surface area (Å²) >= 11 is 1.58. The summed E-state index contributed by atoms with van der Waals surface area (Å²) in [5, 5.41) is 11.6. The van der Waals surface area contributed by atoms with Crippen molar-refractivity contribution in [1.82, 2.24) is 20.9 Å². The van der Waals surface area contributed by atoms with Crippen LogP contribution in [0.2, 0.25) is 0 Å². The van der Waals surface area contributed by atoms with Gasteiger partial charge in [-0.1, -0.05) is 44.5 Å². The lowest BCUT2D eigenvalue weighted by atomic mass is 9.97. The van der Waals surface area contributed by atoms with Crippen molar-refractivity contribution < 1.29 is 18.0 Å². The first-order valence-corrected chi connectivity index (χ1v) is 14.7. The van der Waals surface area contributed by atoms with Gasteiger partial charge in [0.15, 0.2) is 9.84 Å². The highest BCUT2D eigenvalue weighted by atomic mass is 32.2. The summed E-state index contributed by atoms with van der Waals surface area (Å²) in [6, 6.07) is 9.71. The van der Waals surface area contributed by atoms with E-state index in [1.165, 1.54) is 0 Å². The molecule has 0 aliphatic rings. The topological polar surface area (TPSA) is 143 Å². The van der Waals surface area contributed by atoms with Gasteiger partial charge in [-0.05, 0) is 39.9 Å². The third-order valence-electron chi connectivity index (χ3n) is 5.99. The van der Waals surface area contributed by atoms with E-state index in [2.05, 4.69) is 20.9 Å². The standard InChI is InChI=1S/C25H33N5O4S2/c1-4-16(2)23(29-15-36(3,33)34)25(32)30-20(11-18-14-35-21-8-6-5-7-19(18)21)24(31)28-13-17-9-10-22(26)27-12-17/h5-10,12,14,16,20,23,29H,4,11,13,15H2,1-3H3,(H2,26,27)(H,28,31)(H,30,32)/t16?,20-,23+/m0/s1. The number of sulfone groups is 1. The van der Waals surface area contributed by atoms with Crippen LogP contribution in [0.3, 0.4) is 0 Å². The van der Waals surface area contributed by atoms with Gasteiger partial charge in [-0.25, -0.2) is 13.4 Å². The molecule has 9 nitrogen and oxygen atoms in total. The number of thiophene rings is 1. The summed E-state index contributed by atoms with van der Waals surface area (Å²) < 4.78 is 24.5. The predicted molar refractivity (Wildman–Crippen MR) is 144 cm³/mol. The predicted octanol–water partition coefficient (Wildman–Crippen LogP) is 2.23. The molecule has 0 aliphatic carbocycles. The van der Waals surface area contributed by atoms with E-state index in [4.69, 9.17) is 5.73 Å². The Bertz CT molecular complexity index is 1290. The van der Waals surface area contributed by atoms with E-state index >= 15 is 0 Å². The molecule has 3 aromatic rings. The number of amides is 2. The van der Waals surface area contributed by atoms with Gasteiger partial charge < -0.3 is 16.4 Å². The number of anilines is 1. The van der Waals surface area contributed by atoms with Crippen LogP contribution in [0.25, 0.3) is 10.1 Å². The molecule has 11 heteroatoms. The molecule has 1 unspecified atom stereocenters. The molecule has 36 heavy (non-hydrogen) atoms. The van der Waals surface area contributed by atoms with Crippen LogP contribution in [-0.4, -0.2) is 49.4 Å². The molecule has 3 rings (SSSR count). The lowest BCUT2D eigenvalue weighted by Gasteiger charge is -2.26. The smallest absolute Gasteiger partial charge is 0.243 e. The molecule has 0 fully saturated rings. The Balaban J connectivity index is 1.81. The van der Waals surface area contributed by atoms with Crippen molar-refractivity contribution in [2.24, 2.45) is 5.92 Å². The lowest BCUT2D eigenvalue weighted by Crippen LogP contribution is -2.55. The number of nitrogens with zero attached hydrogens (tertiary/aromatic N) is 1. The molecule has 1 aromatic carbocycles. The minimum absolute atomic E-state index is 0.140. The molecule has 0 radical (unpaired) electrons. The fraction of sp³-hybridized carbons (Fsp3) is 0.400. The highest BCUT2D eigenvalue weighted by Gasteiger charge is 2.29. The van der Waals surface area contributed by atoms with Gasteiger partial charge in [-0.2, -0.15) is 0 Å². The molecule has 0 saturated heterocycles. The normalized spacial score (nSPS) is 14.2. The first-order valence-electron chi connectivity index (χ1n) is 11.7. The average molecular weight is 532 g/mol. The van der Waals surface area contributed by atoms with Gasteiger partial charge in [0.1, 0.15) is 11.9 Å². The number of nitrogens with one attached hydrogen (secondary N) is 3. The van der Waals surface area contributed by atoms with E-state index in [1.54, 1.807) is 29.7 Å². The Labute approximate surface area is 215 Å². The van der Waals surface area contributed by atoms with Crippen LogP contribution in [0.1, 0.15) is 31.4 Å². The van der Waals surface area contributed by atoms with Crippen molar-refractivity contribution in [3.05, 3.63) is 59.1 Å². The molecule has 0 aliphatic heterocycles. The highest BCUT2D eigenvalue weighted by molar-refractivity contribution is 7.90. The second-order valence-electron chi connectivity index (χ2n) is 8.97. The number of nitrogen functional groups attached to an aromatic ring is 1. The van der Waals surface area contributed by atoms with Crippen molar-refractivity contribution >= 4 is 48.9 Å². The zero-order valence-corrected chi connectivity index (χ0v) is 22.3. The summed E-state index contributed by atoms with van der Waals surface area (Å²) in [6.45, 7) is 4.02. The molecule has 2 amide bonds. The van der Waals surface area contributed by atoms with Crippen LogP contribution in [-0.2, 0) is 32.4 Å². The van der Waals surface area contributed by atoms with Crippen molar-refractivity contribution in [3.63, 3.8) is 0 Å². The second-order valence-corrected chi connectivity index (χ2v) is 12.0. The number of rotatable bonds is 12. The molecule has 0 saturated carbocycles. The van der Waals surface area contributed by atoms with E-state index in [0.717, 1.165) is 27.5 Å². The molecule has 0 spiro atoms. The lowest BCUT2D eigenvalue weighted by molar-refractivity contribution is -0.130. The minimum atomic E-state index is -3.33. The number of carbonyl (C=O) groups is 2. The Morgan fingerprint density at radius 3 is 2.56 bits per heavy atom. The van der Waals surface area contributed by atoms with Gasteiger partial charge in [0.2, 0.25) is 11.8 Å². The van der Waals surface area contributed by atoms with Gasteiger partial charge >= 0.3 is 0 Å². The number of carbonyl (C=O) groups excluding carboxylic acids is 2. The summed E-state index contributed by atoms with van der Waals surface area (Å²) in [5.41, 5.74) is 7.36. The highest BCUT2D eigenvalue weighted by Crippen LogP contribution is 2.26. The fourth-order valence-corrected chi connectivity index (χ4v) is 5.22. The summed E-state index contributed by atoms with van der Waals surface area (Å²) in [5.74, 6) is -0.843. The summed E-state index contributed by atoms with van der Waals surface area (Å²) in [4.78, 5) is 30.6. The molecule has 5 N–H and O–H groups in total. The molecule has 2 heterocycles. The molecule has 3 atom stereocenters. The number of nitrogens with two attached hydrogens (primary N) is 1. The number of hydrogen-bond acceptors (Lipinski definition) is 8. The van der Waals surface area contributed by atoms with Crippen LogP contribution in [0.15, 0.2) is 48.0 Å². The largest absolute Gasteiger partial charge is 0.384 e. The number of aromatic nitrogens is 1. The fourth-order valence-electron chi connectivity index (χ4n) is 3.76. The number of fused-ring (bicyclic) bond motifs is 1. The maximum atomic E-state index is 13.3. The van der Waals surface area contributed by atoms with E-state index in [1.807, 2.05) is 43.5 Å². The number of benzene rings is 1. The summed E-state index contributed by atoms with van der Waals surface area (Å²) in [7, 11) is -3.33. The van der Waals surface area contributed by atoms with Gasteiger partial charge in [-0.3, -0.25) is 14.9 Å². The van der Waals surface area contributed by atoms with Crippen molar-refractivity contribution in [2.75, 3.05) is 17.9 Å². The monoisotopic (exact) mass is 531 g/mol. The number of pyridine rings is 1. The maximum Gasteiger partial charge on any atom is 0.243 e. The Morgan fingerprint density at radius 2 is 1.89 bits per heavy atom. The molecular formula is C25H33N5O4S2. The van der Waals surface area contributed by atoms with E-state index < -0.39 is 27.8 Å². The Hall–Kier alpha value is -3.02. The maximum absolute atomic E-state index is 13.3. The van der Waals surface area contributed by atoms with Crippen molar-refractivity contribution in [1.29, 1.82) is 0 Å². The zero-order chi connectivity index (χ0) is 26.3. The van der Waals surface area contributed by atoms with Gasteiger partial charge in [0.25, 0.3) is 0 Å². The van der Waals surface area contributed by atoms with Crippen LogP contribution in [0.5, 0.6) is 0 Å². The molecule has 194 valence electrons. The first-order chi connectivity index (χ1) is 17.1. The van der Waals surface area contributed by atoms with E-state index in [-0.39, 0.29) is 24.2 Å². The molecular weight excluding hydrogens is 498 g/mol. The summed E-state index contributed by atoms with van der Waals surface area (Å²) in [6.07, 6.45) is 3.64. The first kappa shape index (κ1) is 27.6. The average Bonchev–Trinajstić information content (AvgIpc) is 3.25. The van der Waals surface area contributed by atoms with Crippen LogP contribution in [0, 0.1) is 5.92 Å². The van der Waals surface area contributed by atoms with E-state index in [9.17, 15) is 18.0 Å². The van der Waals surface area contributed by atoms with Crippen LogP contribution >= 0.6 is 11.3 Å². The minimum Gasteiger partial charge on any atom is -0.384 e.